The molecule has 2 nitrogen and oxygen atoms in total. The van der Waals surface area contributed by atoms with Crippen molar-refractivity contribution in [2.45, 2.75) is 52.1 Å². The predicted molar refractivity (Wildman–Crippen MR) is 62.9 cm³/mol. The van der Waals surface area contributed by atoms with Gasteiger partial charge in [0.05, 0.1) is 6.61 Å². The largest absolute Gasteiger partial charge is 0.381 e. The number of ether oxygens (including phenoxy) is 1. The van der Waals surface area contributed by atoms with E-state index in [1.165, 1.54) is 19.3 Å². The molecule has 1 heterocycles. The number of nitrogens with one attached hydrogen (secondary N) is 1. The second kappa shape index (κ2) is 4.84. The summed E-state index contributed by atoms with van der Waals surface area (Å²) in [6, 6.07) is 1.38. The van der Waals surface area contributed by atoms with E-state index in [2.05, 4.69) is 26.1 Å². The van der Waals surface area contributed by atoms with E-state index in [0.717, 1.165) is 37.0 Å². The summed E-state index contributed by atoms with van der Waals surface area (Å²) >= 11 is 0. The normalized spacial score (nSPS) is 43.4. The van der Waals surface area contributed by atoms with Gasteiger partial charge in [-0.05, 0) is 43.9 Å². The van der Waals surface area contributed by atoms with Crippen LogP contribution in [0.1, 0.15) is 40.0 Å². The first-order valence-electron chi connectivity index (χ1n) is 6.52. The van der Waals surface area contributed by atoms with Crippen LogP contribution in [-0.4, -0.2) is 25.3 Å². The van der Waals surface area contributed by atoms with E-state index < -0.39 is 0 Å². The van der Waals surface area contributed by atoms with Gasteiger partial charge >= 0.3 is 0 Å². The first kappa shape index (κ1) is 11.4. The van der Waals surface area contributed by atoms with Gasteiger partial charge in [0, 0.05) is 18.7 Å². The fourth-order valence-corrected chi connectivity index (χ4v) is 3.02. The Morgan fingerprint density at radius 2 is 2.00 bits per heavy atom. The molecule has 2 rings (SSSR count). The maximum atomic E-state index is 5.45. The molecule has 15 heavy (non-hydrogen) atoms. The van der Waals surface area contributed by atoms with E-state index in [4.69, 9.17) is 4.74 Å². The zero-order valence-corrected chi connectivity index (χ0v) is 10.3. The lowest BCUT2D eigenvalue weighted by Crippen LogP contribution is -2.43. The van der Waals surface area contributed by atoms with Gasteiger partial charge in [0.2, 0.25) is 0 Å². The van der Waals surface area contributed by atoms with Gasteiger partial charge in [-0.3, -0.25) is 0 Å². The highest BCUT2D eigenvalue weighted by atomic mass is 16.5. The maximum absolute atomic E-state index is 5.45. The molecule has 1 saturated carbocycles. The number of hydrogen-bond acceptors (Lipinski definition) is 2. The summed E-state index contributed by atoms with van der Waals surface area (Å²) in [5, 5.41) is 3.82. The molecule has 0 radical (unpaired) electrons. The van der Waals surface area contributed by atoms with Gasteiger partial charge < -0.3 is 10.1 Å². The molecule has 0 aromatic carbocycles. The van der Waals surface area contributed by atoms with Gasteiger partial charge in [-0.2, -0.15) is 0 Å². The summed E-state index contributed by atoms with van der Waals surface area (Å²) in [6.07, 6.45) is 4.00. The van der Waals surface area contributed by atoms with E-state index in [9.17, 15) is 0 Å². The fourth-order valence-electron chi connectivity index (χ4n) is 3.02. The molecule has 5 unspecified atom stereocenters. The molecule has 88 valence electrons. The molecule has 0 spiro atoms. The van der Waals surface area contributed by atoms with Gasteiger partial charge in [-0.1, -0.05) is 13.8 Å². The summed E-state index contributed by atoms with van der Waals surface area (Å²) in [7, 11) is 0. The Balaban J connectivity index is 1.80. The van der Waals surface area contributed by atoms with Gasteiger partial charge in [0.25, 0.3) is 0 Å². The Morgan fingerprint density at radius 3 is 2.53 bits per heavy atom. The summed E-state index contributed by atoms with van der Waals surface area (Å²) < 4.78 is 5.45. The summed E-state index contributed by atoms with van der Waals surface area (Å²) in [6.45, 7) is 9.04. The van der Waals surface area contributed by atoms with Crippen LogP contribution in [0.3, 0.4) is 0 Å². The number of hydrogen-bond donors (Lipinski definition) is 1. The smallest absolute Gasteiger partial charge is 0.0509 e. The van der Waals surface area contributed by atoms with Crippen molar-refractivity contribution >= 4 is 0 Å². The lowest BCUT2D eigenvalue weighted by Gasteiger charge is -2.27. The van der Waals surface area contributed by atoms with Gasteiger partial charge in [0.1, 0.15) is 0 Å². The van der Waals surface area contributed by atoms with E-state index in [1.807, 2.05) is 0 Å². The second-order valence-electron chi connectivity index (χ2n) is 5.60. The average molecular weight is 211 g/mol. The van der Waals surface area contributed by atoms with Crippen LogP contribution in [0.2, 0.25) is 0 Å². The maximum Gasteiger partial charge on any atom is 0.0509 e. The highest BCUT2D eigenvalue weighted by molar-refractivity contribution is 4.88. The van der Waals surface area contributed by atoms with Crippen LogP contribution in [-0.2, 0) is 4.74 Å². The first-order chi connectivity index (χ1) is 7.18. The van der Waals surface area contributed by atoms with Crippen LogP contribution in [0.5, 0.6) is 0 Å². The molecule has 0 aromatic rings. The minimum atomic E-state index is 0.630. The molecular formula is C13H25NO. The van der Waals surface area contributed by atoms with Crippen molar-refractivity contribution in [3.8, 4) is 0 Å². The minimum absolute atomic E-state index is 0.630. The zero-order valence-electron chi connectivity index (χ0n) is 10.3. The third-order valence-electron chi connectivity index (χ3n) is 4.61. The van der Waals surface area contributed by atoms with Crippen LogP contribution in [0, 0.1) is 17.8 Å². The highest BCUT2D eigenvalue weighted by Gasteiger charge is 2.32. The Labute approximate surface area is 93.8 Å². The van der Waals surface area contributed by atoms with Crippen molar-refractivity contribution in [1.82, 2.24) is 5.32 Å². The Hall–Kier alpha value is -0.0800. The molecule has 0 amide bonds. The minimum Gasteiger partial charge on any atom is -0.381 e. The molecule has 0 bridgehead atoms. The predicted octanol–water partition coefficient (Wildman–Crippen LogP) is 2.44. The van der Waals surface area contributed by atoms with Gasteiger partial charge in [0.15, 0.2) is 0 Å². The quantitative estimate of drug-likeness (QED) is 0.774. The zero-order chi connectivity index (χ0) is 10.8. The molecule has 1 saturated heterocycles. The van der Waals surface area contributed by atoms with Crippen LogP contribution >= 0.6 is 0 Å². The Kier molecular flexibility index (Phi) is 3.68. The van der Waals surface area contributed by atoms with E-state index in [0.29, 0.717) is 6.04 Å². The van der Waals surface area contributed by atoms with Crippen molar-refractivity contribution < 1.29 is 4.74 Å². The summed E-state index contributed by atoms with van der Waals surface area (Å²) in [5.74, 6) is 2.48. The van der Waals surface area contributed by atoms with E-state index >= 15 is 0 Å². The fraction of sp³-hybridized carbons (Fsp3) is 1.00. The SMILES string of the molecule is CC1CCC(NC(C)C2CCOC2)C1C. The monoisotopic (exact) mass is 211 g/mol. The molecule has 5 atom stereocenters. The summed E-state index contributed by atoms with van der Waals surface area (Å²) in [5.41, 5.74) is 0. The third kappa shape index (κ3) is 2.54. The van der Waals surface area contributed by atoms with Crippen molar-refractivity contribution in [2.75, 3.05) is 13.2 Å². The van der Waals surface area contributed by atoms with Gasteiger partial charge in [-0.25, -0.2) is 0 Å². The van der Waals surface area contributed by atoms with Crippen LogP contribution in [0.4, 0.5) is 0 Å². The standard InChI is InChI=1S/C13H25NO/c1-9-4-5-13(10(9)2)14-11(3)12-6-7-15-8-12/h9-14H,4-8H2,1-3H3. The first-order valence-corrected chi connectivity index (χ1v) is 6.52. The van der Waals surface area contributed by atoms with Crippen molar-refractivity contribution in [3.63, 3.8) is 0 Å². The molecule has 1 N–H and O–H groups in total. The Bertz CT molecular complexity index is 201. The van der Waals surface area contributed by atoms with E-state index in [-0.39, 0.29) is 0 Å². The topological polar surface area (TPSA) is 21.3 Å². The molecule has 1 aliphatic heterocycles. The Morgan fingerprint density at radius 1 is 1.20 bits per heavy atom. The van der Waals surface area contributed by atoms with E-state index in [1.54, 1.807) is 0 Å². The lowest BCUT2D eigenvalue weighted by atomic mass is 9.95. The second-order valence-corrected chi connectivity index (χ2v) is 5.60. The van der Waals surface area contributed by atoms with Crippen LogP contribution in [0.15, 0.2) is 0 Å². The van der Waals surface area contributed by atoms with Crippen molar-refractivity contribution in [2.24, 2.45) is 17.8 Å². The molecule has 2 fully saturated rings. The molecule has 1 aliphatic carbocycles. The highest BCUT2D eigenvalue weighted by Crippen LogP contribution is 2.32. The number of rotatable bonds is 3. The molecule has 2 heteroatoms. The van der Waals surface area contributed by atoms with Crippen LogP contribution in [0.25, 0.3) is 0 Å². The van der Waals surface area contributed by atoms with Crippen molar-refractivity contribution in [3.05, 3.63) is 0 Å². The molecule has 2 aliphatic rings. The molecule has 0 aromatic heterocycles. The van der Waals surface area contributed by atoms with Crippen LogP contribution < -0.4 is 5.32 Å². The van der Waals surface area contributed by atoms with Gasteiger partial charge in [-0.15, -0.1) is 0 Å². The third-order valence-corrected chi connectivity index (χ3v) is 4.61. The average Bonchev–Trinajstić information content (AvgIpc) is 2.83. The molecular weight excluding hydrogens is 186 g/mol. The summed E-state index contributed by atoms with van der Waals surface area (Å²) in [4.78, 5) is 0. The van der Waals surface area contributed by atoms with Crippen molar-refractivity contribution in [1.29, 1.82) is 0 Å². The lowest BCUT2D eigenvalue weighted by molar-refractivity contribution is 0.174.